The monoisotopic (exact) mass is 366 g/mol. The maximum atomic E-state index is 12.2. The van der Waals surface area contributed by atoms with Gasteiger partial charge in [0.05, 0.1) is 14.2 Å². The summed E-state index contributed by atoms with van der Waals surface area (Å²) in [6, 6.07) is 12.6. The number of carbonyl (C=O) groups is 2. The van der Waals surface area contributed by atoms with Crippen molar-refractivity contribution < 1.29 is 19.1 Å². The standard InChI is InChI=1S/C21H22N2O4/c1-26-18-10-6-14(12-19(18)27-2)7-11-20(24)22-17-5-3-4-15(13-17)21(25)23-16-8-9-16/h3-7,10-13,16H,8-9H2,1-2H3,(H,22,24)(H,23,25). The SMILES string of the molecule is COc1ccc(C=CC(=O)Nc2cccc(C(=O)NC3CC3)c2)cc1OC. The van der Waals surface area contributed by atoms with Gasteiger partial charge in [0.2, 0.25) is 5.91 Å². The number of carbonyl (C=O) groups excluding carboxylic acids is 2. The van der Waals surface area contributed by atoms with Crippen molar-refractivity contribution in [3.05, 3.63) is 59.7 Å². The second-order valence-corrected chi connectivity index (χ2v) is 6.27. The average molecular weight is 366 g/mol. The molecular weight excluding hydrogens is 344 g/mol. The second kappa shape index (κ2) is 8.40. The molecule has 1 fully saturated rings. The first-order valence-electron chi connectivity index (χ1n) is 8.71. The van der Waals surface area contributed by atoms with Crippen LogP contribution in [-0.4, -0.2) is 32.1 Å². The Morgan fingerprint density at radius 1 is 1.04 bits per heavy atom. The number of rotatable bonds is 7. The summed E-state index contributed by atoms with van der Waals surface area (Å²) in [5, 5.41) is 5.70. The second-order valence-electron chi connectivity index (χ2n) is 6.27. The molecule has 6 heteroatoms. The smallest absolute Gasteiger partial charge is 0.251 e. The summed E-state index contributed by atoms with van der Waals surface area (Å²) in [7, 11) is 3.13. The fraction of sp³-hybridized carbons (Fsp3) is 0.238. The zero-order valence-electron chi connectivity index (χ0n) is 15.3. The molecule has 0 saturated heterocycles. The molecule has 3 rings (SSSR count). The van der Waals surface area contributed by atoms with Crippen LogP contribution in [0.4, 0.5) is 5.69 Å². The Labute approximate surface area is 158 Å². The van der Waals surface area contributed by atoms with E-state index in [1.54, 1.807) is 56.7 Å². The van der Waals surface area contributed by atoms with E-state index in [-0.39, 0.29) is 11.8 Å². The Bertz CT molecular complexity index is 872. The van der Waals surface area contributed by atoms with Gasteiger partial charge in [-0.05, 0) is 54.8 Å². The van der Waals surface area contributed by atoms with Crippen LogP contribution >= 0.6 is 0 Å². The number of amides is 2. The van der Waals surface area contributed by atoms with Crippen molar-refractivity contribution in [1.82, 2.24) is 5.32 Å². The molecule has 140 valence electrons. The van der Waals surface area contributed by atoms with E-state index in [1.807, 2.05) is 6.07 Å². The number of nitrogens with one attached hydrogen (secondary N) is 2. The van der Waals surface area contributed by atoms with Gasteiger partial charge >= 0.3 is 0 Å². The van der Waals surface area contributed by atoms with Gasteiger partial charge < -0.3 is 20.1 Å². The van der Waals surface area contributed by atoms with Crippen LogP contribution in [0.2, 0.25) is 0 Å². The van der Waals surface area contributed by atoms with Crippen LogP contribution in [0.3, 0.4) is 0 Å². The fourth-order valence-corrected chi connectivity index (χ4v) is 2.55. The molecule has 27 heavy (non-hydrogen) atoms. The van der Waals surface area contributed by atoms with Crippen LogP contribution in [0.25, 0.3) is 6.08 Å². The highest BCUT2D eigenvalue weighted by Gasteiger charge is 2.23. The van der Waals surface area contributed by atoms with E-state index in [4.69, 9.17) is 9.47 Å². The summed E-state index contributed by atoms with van der Waals surface area (Å²) < 4.78 is 10.4. The lowest BCUT2D eigenvalue weighted by molar-refractivity contribution is -0.111. The molecule has 0 spiro atoms. The van der Waals surface area contributed by atoms with Gasteiger partial charge in [-0.3, -0.25) is 9.59 Å². The number of benzene rings is 2. The van der Waals surface area contributed by atoms with E-state index in [0.717, 1.165) is 18.4 Å². The van der Waals surface area contributed by atoms with Crippen LogP contribution in [-0.2, 0) is 4.79 Å². The third-order valence-electron chi connectivity index (χ3n) is 4.14. The summed E-state index contributed by atoms with van der Waals surface area (Å²) in [6.45, 7) is 0. The molecule has 0 aromatic heterocycles. The first-order chi connectivity index (χ1) is 13.1. The molecule has 1 saturated carbocycles. The molecule has 1 aliphatic carbocycles. The molecule has 6 nitrogen and oxygen atoms in total. The lowest BCUT2D eigenvalue weighted by atomic mass is 10.1. The minimum absolute atomic E-state index is 0.116. The van der Waals surface area contributed by atoms with Gasteiger partial charge in [-0.2, -0.15) is 0 Å². The van der Waals surface area contributed by atoms with Gasteiger partial charge in [0, 0.05) is 23.4 Å². The summed E-state index contributed by atoms with van der Waals surface area (Å²) >= 11 is 0. The third kappa shape index (κ3) is 5.10. The zero-order chi connectivity index (χ0) is 19.2. The molecule has 0 aliphatic heterocycles. The summed E-state index contributed by atoms with van der Waals surface area (Å²) in [6.07, 6.45) is 5.17. The van der Waals surface area contributed by atoms with Gasteiger partial charge in [-0.25, -0.2) is 0 Å². The minimum Gasteiger partial charge on any atom is -0.493 e. The lowest BCUT2D eigenvalue weighted by Gasteiger charge is -2.08. The number of hydrogen-bond donors (Lipinski definition) is 2. The summed E-state index contributed by atoms with van der Waals surface area (Å²) in [5.41, 5.74) is 1.91. The van der Waals surface area contributed by atoms with E-state index in [2.05, 4.69) is 10.6 Å². The molecule has 0 radical (unpaired) electrons. The highest BCUT2D eigenvalue weighted by molar-refractivity contribution is 6.03. The molecule has 2 amide bonds. The highest BCUT2D eigenvalue weighted by atomic mass is 16.5. The quantitative estimate of drug-likeness (QED) is 0.738. The van der Waals surface area contributed by atoms with Gasteiger partial charge in [0.25, 0.3) is 5.91 Å². The Balaban J connectivity index is 1.63. The van der Waals surface area contributed by atoms with Gasteiger partial charge in [-0.15, -0.1) is 0 Å². The van der Waals surface area contributed by atoms with Crippen molar-refractivity contribution in [2.45, 2.75) is 18.9 Å². The van der Waals surface area contributed by atoms with Crippen LogP contribution in [0.5, 0.6) is 11.5 Å². The van der Waals surface area contributed by atoms with Crippen LogP contribution < -0.4 is 20.1 Å². The van der Waals surface area contributed by atoms with Gasteiger partial charge in [0.15, 0.2) is 11.5 Å². The number of methoxy groups -OCH3 is 2. The molecule has 2 aromatic rings. The molecular formula is C21H22N2O4. The maximum absolute atomic E-state index is 12.2. The predicted octanol–water partition coefficient (Wildman–Crippen LogP) is 3.25. The van der Waals surface area contributed by atoms with Crippen LogP contribution in [0.1, 0.15) is 28.8 Å². The molecule has 0 bridgehead atoms. The van der Waals surface area contributed by atoms with E-state index < -0.39 is 0 Å². The van der Waals surface area contributed by atoms with Gasteiger partial charge in [-0.1, -0.05) is 12.1 Å². The van der Waals surface area contributed by atoms with Crippen molar-refractivity contribution in [2.24, 2.45) is 0 Å². The Hall–Kier alpha value is -3.28. The van der Waals surface area contributed by atoms with E-state index >= 15 is 0 Å². The number of ether oxygens (including phenoxy) is 2. The highest BCUT2D eigenvalue weighted by Crippen LogP contribution is 2.28. The van der Waals surface area contributed by atoms with Crippen molar-refractivity contribution in [2.75, 3.05) is 19.5 Å². The predicted molar refractivity (Wildman–Crippen MR) is 104 cm³/mol. The largest absolute Gasteiger partial charge is 0.493 e. The Kier molecular flexibility index (Phi) is 5.76. The van der Waals surface area contributed by atoms with Crippen LogP contribution in [0.15, 0.2) is 48.5 Å². The van der Waals surface area contributed by atoms with Crippen molar-refractivity contribution in [1.29, 1.82) is 0 Å². The van der Waals surface area contributed by atoms with Crippen molar-refractivity contribution >= 4 is 23.6 Å². The average Bonchev–Trinajstić information content (AvgIpc) is 3.50. The number of anilines is 1. The summed E-state index contributed by atoms with van der Waals surface area (Å²) in [5.74, 6) is 0.814. The van der Waals surface area contributed by atoms with Crippen molar-refractivity contribution in [3.63, 3.8) is 0 Å². The first kappa shape index (κ1) is 18.5. The van der Waals surface area contributed by atoms with Gasteiger partial charge in [0.1, 0.15) is 0 Å². The normalized spacial score (nSPS) is 13.3. The van der Waals surface area contributed by atoms with E-state index in [0.29, 0.717) is 28.8 Å². The molecule has 0 unspecified atom stereocenters. The molecule has 1 aliphatic rings. The Morgan fingerprint density at radius 2 is 1.81 bits per heavy atom. The van der Waals surface area contributed by atoms with E-state index in [9.17, 15) is 9.59 Å². The van der Waals surface area contributed by atoms with Crippen LogP contribution in [0, 0.1) is 0 Å². The van der Waals surface area contributed by atoms with Crippen molar-refractivity contribution in [3.8, 4) is 11.5 Å². The fourth-order valence-electron chi connectivity index (χ4n) is 2.55. The Morgan fingerprint density at radius 3 is 2.52 bits per heavy atom. The first-order valence-corrected chi connectivity index (χ1v) is 8.71. The molecule has 0 heterocycles. The molecule has 2 aromatic carbocycles. The topological polar surface area (TPSA) is 76.7 Å². The molecule has 2 N–H and O–H groups in total. The maximum Gasteiger partial charge on any atom is 0.251 e. The lowest BCUT2D eigenvalue weighted by Crippen LogP contribution is -2.25. The third-order valence-corrected chi connectivity index (χ3v) is 4.14. The molecule has 0 atom stereocenters. The van der Waals surface area contributed by atoms with E-state index in [1.165, 1.54) is 6.08 Å². The minimum atomic E-state index is -0.287. The zero-order valence-corrected chi connectivity index (χ0v) is 15.3. The summed E-state index contributed by atoms with van der Waals surface area (Å²) in [4.78, 5) is 24.3. The number of hydrogen-bond acceptors (Lipinski definition) is 4.